The van der Waals surface area contributed by atoms with Gasteiger partial charge in [-0.2, -0.15) is 0 Å². The van der Waals surface area contributed by atoms with Crippen LogP contribution in [0.2, 0.25) is 0 Å². The van der Waals surface area contributed by atoms with Gasteiger partial charge in [0.15, 0.2) is 0 Å². The smallest absolute Gasteiger partial charge is 0.317 e. The minimum atomic E-state index is -0.0443. The van der Waals surface area contributed by atoms with E-state index in [9.17, 15) is 4.79 Å². The van der Waals surface area contributed by atoms with Crippen molar-refractivity contribution in [2.75, 3.05) is 51.7 Å². The first-order chi connectivity index (χ1) is 12.1. The summed E-state index contributed by atoms with van der Waals surface area (Å²) in [6.07, 6.45) is 6.75. The Hall–Kier alpha value is -2.61. The molecule has 1 unspecified atom stereocenters. The number of likely N-dealkylation sites (N-methyl/N-ethyl adjacent to an activating group) is 1. The highest BCUT2D eigenvalue weighted by Gasteiger charge is 2.24. The molecule has 0 aliphatic carbocycles. The number of amides is 2. The summed E-state index contributed by atoms with van der Waals surface area (Å²) in [5.41, 5.74) is 0. The van der Waals surface area contributed by atoms with Gasteiger partial charge in [0.05, 0.1) is 18.5 Å². The molecule has 2 aromatic rings. The molecule has 1 aliphatic rings. The van der Waals surface area contributed by atoms with Crippen LogP contribution in [0.25, 0.3) is 0 Å². The van der Waals surface area contributed by atoms with E-state index in [0.29, 0.717) is 19.6 Å². The number of piperazine rings is 1. The Morgan fingerprint density at radius 2 is 2.12 bits per heavy atom. The first kappa shape index (κ1) is 17.2. The van der Waals surface area contributed by atoms with Gasteiger partial charge in [-0.05, 0) is 26.2 Å². The molecule has 3 rings (SSSR count). The van der Waals surface area contributed by atoms with Crippen LogP contribution in [-0.4, -0.2) is 72.6 Å². The zero-order chi connectivity index (χ0) is 17.6. The second-order valence-electron chi connectivity index (χ2n) is 6.22. The van der Waals surface area contributed by atoms with Crippen LogP contribution in [-0.2, 0) is 0 Å². The molecule has 1 fully saturated rings. The van der Waals surface area contributed by atoms with Gasteiger partial charge in [0, 0.05) is 45.1 Å². The molecular weight excluding hydrogens is 320 g/mol. The van der Waals surface area contributed by atoms with E-state index < -0.39 is 0 Å². The SMILES string of the molecule is CN(C)C(CNC(=O)N1CCN(c2cnccn2)CC1)c1ccco1. The van der Waals surface area contributed by atoms with Crippen LogP contribution in [0.4, 0.5) is 10.6 Å². The molecule has 25 heavy (non-hydrogen) atoms. The Morgan fingerprint density at radius 1 is 1.32 bits per heavy atom. The van der Waals surface area contributed by atoms with Crippen molar-refractivity contribution in [1.82, 2.24) is 25.1 Å². The first-order valence-electron chi connectivity index (χ1n) is 8.38. The van der Waals surface area contributed by atoms with Gasteiger partial charge in [0.1, 0.15) is 11.6 Å². The number of carbonyl (C=O) groups is 1. The van der Waals surface area contributed by atoms with Crippen LogP contribution >= 0.6 is 0 Å². The van der Waals surface area contributed by atoms with E-state index in [4.69, 9.17) is 4.42 Å². The highest BCUT2D eigenvalue weighted by atomic mass is 16.3. The Bertz CT molecular complexity index is 653. The fraction of sp³-hybridized carbons (Fsp3) is 0.471. The molecule has 1 saturated heterocycles. The van der Waals surface area contributed by atoms with Gasteiger partial charge in [-0.1, -0.05) is 0 Å². The van der Waals surface area contributed by atoms with Gasteiger partial charge < -0.3 is 19.5 Å². The Kier molecular flexibility index (Phi) is 5.49. The largest absolute Gasteiger partial charge is 0.468 e. The first-order valence-corrected chi connectivity index (χ1v) is 8.38. The minimum Gasteiger partial charge on any atom is -0.468 e. The quantitative estimate of drug-likeness (QED) is 0.878. The average molecular weight is 344 g/mol. The zero-order valence-electron chi connectivity index (χ0n) is 14.6. The lowest BCUT2D eigenvalue weighted by molar-refractivity contribution is 0.186. The molecule has 0 saturated carbocycles. The van der Waals surface area contributed by atoms with E-state index in [-0.39, 0.29) is 12.1 Å². The van der Waals surface area contributed by atoms with Gasteiger partial charge in [-0.15, -0.1) is 0 Å². The normalized spacial score (nSPS) is 16.1. The molecule has 2 aromatic heterocycles. The molecule has 8 heteroatoms. The van der Waals surface area contributed by atoms with Gasteiger partial charge in [-0.3, -0.25) is 9.88 Å². The molecule has 134 valence electrons. The van der Waals surface area contributed by atoms with Gasteiger partial charge in [-0.25, -0.2) is 9.78 Å². The second-order valence-corrected chi connectivity index (χ2v) is 6.22. The Labute approximate surface area is 147 Å². The number of furan rings is 1. The van der Waals surface area contributed by atoms with Crippen molar-refractivity contribution in [2.24, 2.45) is 0 Å². The van der Waals surface area contributed by atoms with Crippen LogP contribution < -0.4 is 10.2 Å². The van der Waals surface area contributed by atoms with Crippen molar-refractivity contribution in [2.45, 2.75) is 6.04 Å². The number of nitrogens with zero attached hydrogens (tertiary/aromatic N) is 5. The van der Waals surface area contributed by atoms with Crippen LogP contribution in [0.1, 0.15) is 11.8 Å². The summed E-state index contributed by atoms with van der Waals surface area (Å²) in [7, 11) is 3.94. The number of hydrogen-bond acceptors (Lipinski definition) is 6. The van der Waals surface area contributed by atoms with E-state index >= 15 is 0 Å². The Morgan fingerprint density at radius 3 is 2.72 bits per heavy atom. The van der Waals surface area contributed by atoms with Crippen LogP contribution in [0.5, 0.6) is 0 Å². The van der Waals surface area contributed by atoms with Crippen molar-refractivity contribution in [3.05, 3.63) is 42.7 Å². The van der Waals surface area contributed by atoms with E-state index in [1.165, 1.54) is 0 Å². The number of hydrogen-bond donors (Lipinski definition) is 1. The standard InChI is InChI=1S/C17H24N6O2/c1-21(2)14(15-4-3-11-25-15)12-20-17(24)23-9-7-22(8-10-23)16-13-18-5-6-19-16/h3-6,11,13-14H,7-10,12H2,1-2H3,(H,20,24). The summed E-state index contributed by atoms with van der Waals surface area (Å²) in [5.74, 6) is 1.70. The maximum Gasteiger partial charge on any atom is 0.317 e. The number of carbonyl (C=O) groups excluding carboxylic acids is 1. The third-order valence-corrected chi connectivity index (χ3v) is 4.38. The lowest BCUT2D eigenvalue weighted by Gasteiger charge is -2.35. The maximum atomic E-state index is 12.5. The molecule has 0 radical (unpaired) electrons. The summed E-state index contributed by atoms with van der Waals surface area (Å²) in [5, 5.41) is 3.02. The monoisotopic (exact) mass is 344 g/mol. The van der Waals surface area contributed by atoms with Crippen molar-refractivity contribution in [3.63, 3.8) is 0 Å². The predicted octanol–water partition coefficient (Wildman–Crippen LogP) is 1.20. The number of urea groups is 1. The molecule has 0 spiro atoms. The highest BCUT2D eigenvalue weighted by molar-refractivity contribution is 5.74. The molecule has 3 heterocycles. The summed E-state index contributed by atoms with van der Waals surface area (Å²) >= 11 is 0. The summed E-state index contributed by atoms with van der Waals surface area (Å²) < 4.78 is 5.47. The fourth-order valence-corrected chi connectivity index (χ4v) is 2.91. The predicted molar refractivity (Wildman–Crippen MR) is 94.4 cm³/mol. The number of anilines is 1. The van der Waals surface area contributed by atoms with E-state index in [2.05, 4.69) is 20.2 Å². The highest BCUT2D eigenvalue weighted by Crippen LogP contribution is 2.18. The second kappa shape index (κ2) is 7.98. The third-order valence-electron chi connectivity index (χ3n) is 4.38. The fourth-order valence-electron chi connectivity index (χ4n) is 2.91. The van der Waals surface area contributed by atoms with Gasteiger partial charge in [0.25, 0.3) is 0 Å². The van der Waals surface area contributed by atoms with Crippen molar-refractivity contribution in [1.29, 1.82) is 0 Å². The van der Waals surface area contributed by atoms with E-state index in [1.807, 2.05) is 36.0 Å². The van der Waals surface area contributed by atoms with Crippen molar-refractivity contribution < 1.29 is 9.21 Å². The van der Waals surface area contributed by atoms with Gasteiger partial charge >= 0.3 is 6.03 Å². The molecule has 1 N–H and O–H groups in total. The molecule has 0 aromatic carbocycles. The van der Waals surface area contributed by atoms with Crippen molar-refractivity contribution in [3.8, 4) is 0 Å². The van der Waals surface area contributed by atoms with E-state index in [0.717, 1.165) is 24.7 Å². The van der Waals surface area contributed by atoms with Crippen LogP contribution in [0, 0.1) is 0 Å². The minimum absolute atomic E-state index is 0.0137. The molecule has 2 amide bonds. The maximum absolute atomic E-state index is 12.5. The molecular formula is C17H24N6O2. The number of rotatable bonds is 5. The molecule has 0 bridgehead atoms. The van der Waals surface area contributed by atoms with E-state index in [1.54, 1.807) is 24.9 Å². The van der Waals surface area contributed by atoms with Crippen LogP contribution in [0.15, 0.2) is 41.4 Å². The molecule has 1 aliphatic heterocycles. The number of nitrogens with one attached hydrogen (secondary N) is 1. The zero-order valence-corrected chi connectivity index (χ0v) is 14.6. The summed E-state index contributed by atoms with van der Waals surface area (Å²) in [6.45, 7) is 3.33. The van der Waals surface area contributed by atoms with Gasteiger partial charge in [0.2, 0.25) is 0 Å². The summed E-state index contributed by atoms with van der Waals surface area (Å²) in [6, 6.07) is 3.76. The van der Waals surface area contributed by atoms with Crippen molar-refractivity contribution >= 4 is 11.8 Å². The average Bonchev–Trinajstić information content (AvgIpc) is 3.16. The molecule has 1 atom stereocenters. The lowest BCUT2D eigenvalue weighted by Crippen LogP contribution is -2.52. The Balaban J connectivity index is 1.49. The summed E-state index contributed by atoms with van der Waals surface area (Å²) in [4.78, 5) is 26.9. The topological polar surface area (TPSA) is 77.7 Å². The molecule has 8 nitrogen and oxygen atoms in total. The number of aromatic nitrogens is 2. The lowest BCUT2D eigenvalue weighted by atomic mass is 10.2. The van der Waals surface area contributed by atoms with Crippen LogP contribution in [0.3, 0.4) is 0 Å². The third kappa shape index (κ3) is 4.27.